The number of rotatable bonds is 11. The van der Waals surface area contributed by atoms with Crippen LogP contribution in [0.3, 0.4) is 0 Å². The van der Waals surface area contributed by atoms with Crippen LogP contribution >= 0.6 is 34.8 Å². The summed E-state index contributed by atoms with van der Waals surface area (Å²) in [6.07, 6.45) is 0.0541. The molecule has 0 radical (unpaired) electrons. The molecule has 0 amide bonds. The van der Waals surface area contributed by atoms with Gasteiger partial charge in [0.15, 0.2) is 0 Å². The summed E-state index contributed by atoms with van der Waals surface area (Å²) in [6.45, 7) is 9.35. The lowest BCUT2D eigenvalue weighted by molar-refractivity contribution is -0.158. The average Bonchev–Trinajstić information content (AvgIpc) is 2.51. The van der Waals surface area contributed by atoms with Crippen molar-refractivity contribution < 1.29 is 29.3 Å². The van der Waals surface area contributed by atoms with Crippen molar-refractivity contribution in [3.63, 3.8) is 0 Å². The third-order valence-electron chi connectivity index (χ3n) is 4.59. The van der Waals surface area contributed by atoms with Crippen LogP contribution in [0, 0.1) is 23.2 Å². The number of alkyl halides is 3. The molecule has 0 aliphatic carbocycles. The number of ketones is 1. The number of ether oxygens (including phenoxy) is 1. The second-order valence-electron chi connectivity index (χ2n) is 7.24. The number of carbonyl (C=O) groups is 3. The van der Waals surface area contributed by atoms with Gasteiger partial charge in [0, 0.05) is 5.92 Å². The Morgan fingerprint density at radius 1 is 1.19 bits per heavy atom. The van der Waals surface area contributed by atoms with E-state index >= 15 is 0 Å². The minimum atomic E-state index is -1.79. The molecule has 0 saturated carbocycles. The van der Waals surface area contributed by atoms with E-state index in [1.54, 1.807) is 19.9 Å². The van der Waals surface area contributed by atoms with Crippen LogP contribution in [0.4, 0.5) is 0 Å². The van der Waals surface area contributed by atoms with Gasteiger partial charge in [-0.25, -0.2) is 0 Å². The third kappa shape index (κ3) is 8.38. The molecule has 0 aromatic heterocycles. The number of aliphatic hydroxyl groups is 1. The monoisotopic (exact) mass is 444 g/mol. The normalized spacial score (nSPS) is 16.7. The molecule has 0 aromatic rings. The Kier molecular flexibility index (Phi) is 10.3. The highest BCUT2D eigenvalue weighted by Crippen LogP contribution is 2.35. The number of Topliss-reactive ketones (excluding diaryl/α,β-unsaturated/α-hetero) is 1. The summed E-state index contributed by atoms with van der Waals surface area (Å²) in [6, 6.07) is 0. The van der Waals surface area contributed by atoms with Crippen LogP contribution in [0.25, 0.3) is 0 Å². The Hall–Kier alpha value is -0.820. The first-order valence-corrected chi connectivity index (χ1v) is 9.57. The highest BCUT2D eigenvalue weighted by molar-refractivity contribution is 6.67. The molecule has 27 heavy (non-hydrogen) atoms. The van der Waals surface area contributed by atoms with E-state index in [1.165, 1.54) is 13.8 Å². The molecule has 0 aliphatic rings. The fourth-order valence-corrected chi connectivity index (χ4v) is 3.09. The molecule has 6 nitrogen and oxygen atoms in total. The van der Waals surface area contributed by atoms with E-state index in [1.807, 2.05) is 0 Å². The molecule has 9 heteroatoms. The molecule has 0 aliphatic heterocycles. The van der Waals surface area contributed by atoms with E-state index in [9.17, 15) is 19.5 Å². The van der Waals surface area contributed by atoms with Gasteiger partial charge >= 0.3 is 11.9 Å². The van der Waals surface area contributed by atoms with Crippen molar-refractivity contribution in [2.24, 2.45) is 23.2 Å². The molecular weight excluding hydrogens is 419 g/mol. The number of aliphatic carboxylic acids is 1. The van der Waals surface area contributed by atoms with Gasteiger partial charge in [0.2, 0.25) is 3.79 Å². The van der Waals surface area contributed by atoms with E-state index in [0.29, 0.717) is 6.42 Å². The number of hydrogen-bond donors (Lipinski definition) is 2. The highest BCUT2D eigenvalue weighted by atomic mass is 35.6. The smallest absolute Gasteiger partial charge is 0.310 e. The van der Waals surface area contributed by atoms with Crippen LogP contribution in [0.15, 0.2) is 12.7 Å². The molecule has 0 unspecified atom stereocenters. The quantitative estimate of drug-likeness (QED) is 0.285. The van der Waals surface area contributed by atoms with Gasteiger partial charge in [-0.05, 0) is 12.3 Å². The zero-order valence-corrected chi connectivity index (χ0v) is 18.1. The van der Waals surface area contributed by atoms with Crippen molar-refractivity contribution in [1.29, 1.82) is 0 Å². The number of halogens is 3. The van der Waals surface area contributed by atoms with Crippen LogP contribution in [0.5, 0.6) is 0 Å². The topological polar surface area (TPSA) is 101 Å². The minimum Gasteiger partial charge on any atom is -0.481 e. The number of aliphatic hydroxyl groups excluding tert-OH is 1. The van der Waals surface area contributed by atoms with Gasteiger partial charge in [-0.3, -0.25) is 14.4 Å². The SMILES string of the molecule is C=CC[C@H](C)[C@H](C(=O)OCC(Cl)(Cl)Cl)[C@@H](C)C(=O)C(C)(C)[C@@H](O)CC(=O)O. The van der Waals surface area contributed by atoms with E-state index < -0.39 is 57.9 Å². The van der Waals surface area contributed by atoms with Gasteiger partial charge in [0.1, 0.15) is 12.4 Å². The van der Waals surface area contributed by atoms with Crippen LogP contribution in [0.2, 0.25) is 0 Å². The summed E-state index contributed by atoms with van der Waals surface area (Å²) in [5.74, 6) is -4.44. The lowest BCUT2D eigenvalue weighted by Gasteiger charge is -2.35. The first-order valence-electron chi connectivity index (χ1n) is 8.43. The summed E-state index contributed by atoms with van der Waals surface area (Å²) < 4.78 is 3.28. The zero-order valence-electron chi connectivity index (χ0n) is 15.9. The lowest BCUT2D eigenvalue weighted by Crippen LogP contribution is -2.46. The molecule has 4 atom stereocenters. The highest BCUT2D eigenvalue weighted by Gasteiger charge is 2.45. The predicted octanol–water partition coefficient (Wildman–Crippen LogP) is 3.80. The summed E-state index contributed by atoms with van der Waals surface area (Å²) in [5, 5.41) is 19.0. The largest absolute Gasteiger partial charge is 0.481 e. The van der Waals surface area contributed by atoms with Gasteiger partial charge in [0.25, 0.3) is 0 Å². The van der Waals surface area contributed by atoms with Crippen molar-refractivity contribution in [1.82, 2.24) is 0 Å². The first kappa shape index (κ1) is 26.2. The predicted molar refractivity (Wildman–Crippen MR) is 105 cm³/mol. The van der Waals surface area contributed by atoms with Crippen molar-refractivity contribution in [2.75, 3.05) is 6.61 Å². The first-order chi connectivity index (χ1) is 12.1. The molecule has 156 valence electrons. The van der Waals surface area contributed by atoms with Crippen molar-refractivity contribution in [3.8, 4) is 0 Å². The van der Waals surface area contributed by atoms with Crippen LogP contribution in [-0.4, -0.2) is 44.4 Å². The van der Waals surface area contributed by atoms with Crippen LogP contribution in [-0.2, 0) is 19.1 Å². The number of carboxylic acids is 1. The maximum atomic E-state index is 13.0. The second kappa shape index (κ2) is 10.6. The third-order valence-corrected chi connectivity index (χ3v) is 4.92. The Morgan fingerprint density at radius 2 is 1.70 bits per heavy atom. The summed E-state index contributed by atoms with van der Waals surface area (Å²) >= 11 is 16.8. The number of allylic oxidation sites excluding steroid dienone is 1. The van der Waals surface area contributed by atoms with Crippen molar-refractivity contribution in [3.05, 3.63) is 12.7 Å². The molecule has 0 fully saturated rings. The van der Waals surface area contributed by atoms with Gasteiger partial charge in [0.05, 0.1) is 23.9 Å². The Labute approximate surface area is 174 Å². The molecule has 0 spiro atoms. The molecular formula is C18H27Cl3O6. The van der Waals surface area contributed by atoms with Crippen molar-refractivity contribution >= 4 is 52.5 Å². The molecule has 2 N–H and O–H groups in total. The summed E-state index contributed by atoms with van der Waals surface area (Å²) in [5.41, 5.74) is -1.38. The van der Waals surface area contributed by atoms with E-state index in [4.69, 9.17) is 44.6 Å². The summed E-state index contributed by atoms with van der Waals surface area (Å²) in [7, 11) is 0. The number of carbonyl (C=O) groups excluding carboxylic acids is 2. The standard InChI is InChI=1S/C18H27Cl3O6/c1-6-7-10(2)14(16(26)27-9-18(19,20)21)11(3)15(25)17(4,5)12(22)8-13(23)24/h6,10-12,14,22H,1,7-9H2,2-5H3,(H,23,24)/t10-,11+,12-,14-/m0/s1. The van der Waals surface area contributed by atoms with Gasteiger partial charge in [-0.2, -0.15) is 0 Å². The number of carboxylic acid groups (broad SMARTS) is 1. The van der Waals surface area contributed by atoms with E-state index in [0.717, 1.165) is 0 Å². The minimum absolute atomic E-state index is 0.309. The Morgan fingerprint density at radius 3 is 2.11 bits per heavy atom. The zero-order chi connectivity index (χ0) is 21.6. The maximum Gasteiger partial charge on any atom is 0.310 e. The fraction of sp³-hybridized carbons (Fsp3) is 0.722. The molecule has 0 rings (SSSR count). The molecule has 0 bridgehead atoms. The second-order valence-corrected chi connectivity index (χ2v) is 9.75. The van der Waals surface area contributed by atoms with E-state index in [-0.39, 0.29) is 5.92 Å². The lowest BCUT2D eigenvalue weighted by atomic mass is 9.70. The van der Waals surface area contributed by atoms with Crippen molar-refractivity contribution in [2.45, 2.75) is 50.4 Å². The van der Waals surface area contributed by atoms with E-state index in [2.05, 4.69) is 6.58 Å². The van der Waals surface area contributed by atoms with Gasteiger partial charge in [-0.1, -0.05) is 68.6 Å². The van der Waals surface area contributed by atoms with Gasteiger partial charge < -0.3 is 14.9 Å². The average molecular weight is 446 g/mol. The Bertz CT molecular complexity index is 556. The Balaban J connectivity index is 5.57. The number of hydrogen-bond acceptors (Lipinski definition) is 5. The fourth-order valence-electron chi connectivity index (χ4n) is 2.92. The summed E-state index contributed by atoms with van der Waals surface area (Å²) in [4.78, 5) is 36.4. The van der Waals surface area contributed by atoms with Crippen LogP contribution < -0.4 is 0 Å². The molecule has 0 saturated heterocycles. The number of esters is 1. The van der Waals surface area contributed by atoms with Crippen LogP contribution in [0.1, 0.15) is 40.5 Å². The van der Waals surface area contributed by atoms with Gasteiger partial charge in [-0.15, -0.1) is 6.58 Å². The molecule has 0 heterocycles. The maximum absolute atomic E-state index is 13.0. The molecule has 0 aromatic carbocycles.